The minimum atomic E-state index is -4.40. The quantitative estimate of drug-likeness (QED) is 0.672. The second-order valence-corrected chi connectivity index (χ2v) is 2.58. The summed E-state index contributed by atoms with van der Waals surface area (Å²) in [6, 6.07) is 5.88. The Bertz CT molecular complexity index is 365. The molecule has 0 amide bonds. The summed E-state index contributed by atoms with van der Waals surface area (Å²) in [6.07, 6.45) is -4.40. The Morgan fingerprint density at radius 1 is 1.36 bits per heavy atom. The van der Waals surface area contributed by atoms with Crippen molar-refractivity contribution in [3.8, 4) is 6.07 Å². The van der Waals surface area contributed by atoms with Gasteiger partial charge in [-0.1, -0.05) is 12.5 Å². The molecule has 0 heterocycles. The Morgan fingerprint density at radius 2 is 1.93 bits per heavy atom. The van der Waals surface area contributed by atoms with Crippen LogP contribution in [0.15, 0.2) is 12.1 Å². The molecule has 1 aromatic rings. The minimum Gasteiger partial charge on any atom is -0.262 e. The Kier molecular flexibility index (Phi) is 5.01. The molecule has 0 unspecified atom stereocenters. The minimum absolute atomic E-state index is 0. The van der Waals surface area contributed by atoms with Crippen LogP contribution in [0.25, 0.3) is 0 Å². The number of rotatable bonds is 0. The first-order valence-corrected chi connectivity index (χ1v) is 3.45. The molecule has 1 radical (unpaired) electrons. The molecule has 0 spiro atoms. The second kappa shape index (κ2) is 5.07. The van der Waals surface area contributed by atoms with Crippen molar-refractivity contribution < 1.29 is 53.6 Å². The van der Waals surface area contributed by atoms with E-state index in [0.717, 1.165) is 12.1 Å². The van der Waals surface area contributed by atoms with Crippen LogP contribution in [0.3, 0.4) is 0 Å². The van der Waals surface area contributed by atoms with Crippen LogP contribution >= 0.6 is 0 Å². The van der Waals surface area contributed by atoms with Crippen molar-refractivity contribution in [1.29, 1.82) is 5.26 Å². The first kappa shape index (κ1) is 13.8. The number of aryl methyl sites for hydroxylation is 1. The largest absolute Gasteiger partial charge is 0.399 e. The Labute approximate surface area is 112 Å². The maximum atomic E-state index is 12.2. The third-order valence-corrected chi connectivity index (χ3v) is 1.45. The Morgan fingerprint density at radius 3 is 2.36 bits per heavy atom. The van der Waals surface area contributed by atoms with Gasteiger partial charge in [-0.25, -0.2) is 0 Å². The monoisotopic (exact) mass is 329 g/mol. The summed E-state index contributed by atoms with van der Waals surface area (Å²) < 4.78 is 36.5. The fraction of sp³-hybridized carbons (Fsp3) is 0.222. The van der Waals surface area contributed by atoms with Gasteiger partial charge in [0, 0.05) is 40.4 Å². The van der Waals surface area contributed by atoms with E-state index in [1.807, 2.05) is 0 Å². The van der Waals surface area contributed by atoms with Crippen LogP contribution in [0.1, 0.15) is 16.7 Å². The number of benzene rings is 1. The van der Waals surface area contributed by atoms with E-state index in [4.69, 9.17) is 5.26 Å². The zero-order valence-corrected chi connectivity index (χ0v) is 10.1. The van der Waals surface area contributed by atoms with Crippen LogP contribution in [0.4, 0.5) is 13.2 Å². The van der Waals surface area contributed by atoms with Crippen molar-refractivity contribution in [3.05, 3.63) is 34.9 Å². The molecule has 1 aromatic carbocycles. The van der Waals surface area contributed by atoms with Crippen molar-refractivity contribution in [2.45, 2.75) is 13.1 Å². The van der Waals surface area contributed by atoms with Gasteiger partial charge in [0.1, 0.15) is 0 Å². The van der Waals surface area contributed by atoms with Crippen LogP contribution in [-0.4, -0.2) is 0 Å². The van der Waals surface area contributed by atoms with Crippen molar-refractivity contribution in [3.63, 3.8) is 0 Å². The van der Waals surface area contributed by atoms with Crippen LogP contribution in [-0.2, 0) is 6.18 Å². The fourth-order valence-corrected chi connectivity index (χ4v) is 0.939. The number of hydrogen-bond donors (Lipinski definition) is 0. The number of hydrogen-bond acceptors (Lipinski definition) is 1. The van der Waals surface area contributed by atoms with Gasteiger partial charge in [0.15, 0.2) is 0 Å². The van der Waals surface area contributed by atoms with Gasteiger partial charge in [-0.15, -0.1) is 23.8 Å². The summed E-state index contributed by atoms with van der Waals surface area (Å²) >= 11 is 0. The summed E-state index contributed by atoms with van der Waals surface area (Å²) in [4.78, 5) is 0. The van der Waals surface area contributed by atoms with E-state index in [2.05, 4.69) is 6.07 Å². The number of nitrogens with zero attached hydrogens (tertiary/aromatic N) is 1. The van der Waals surface area contributed by atoms with E-state index in [0.29, 0.717) is 5.56 Å². The van der Waals surface area contributed by atoms with E-state index >= 15 is 0 Å². The van der Waals surface area contributed by atoms with E-state index < -0.39 is 11.7 Å². The molecule has 0 saturated heterocycles. The molecule has 0 aliphatic heterocycles. The van der Waals surface area contributed by atoms with E-state index in [1.165, 1.54) is 6.92 Å². The maximum Gasteiger partial charge on any atom is 0.399 e. The normalized spacial score (nSPS) is 10.2. The zero-order valence-electron chi connectivity index (χ0n) is 7.18. The predicted molar refractivity (Wildman–Crippen MR) is 39.7 cm³/mol. The number of nitriles is 1. The predicted octanol–water partition coefficient (Wildman–Crippen LogP) is 2.69. The van der Waals surface area contributed by atoms with Crippen molar-refractivity contribution in [2.24, 2.45) is 0 Å². The van der Waals surface area contributed by atoms with Crippen molar-refractivity contribution in [1.82, 2.24) is 0 Å². The molecule has 0 aliphatic rings. The topological polar surface area (TPSA) is 23.8 Å². The van der Waals surface area contributed by atoms with Crippen molar-refractivity contribution in [2.75, 3.05) is 0 Å². The van der Waals surface area contributed by atoms with Gasteiger partial charge in [-0.05, 0) is 11.6 Å². The van der Waals surface area contributed by atoms with Gasteiger partial charge >= 0.3 is 6.18 Å². The summed E-state index contributed by atoms with van der Waals surface area (Å²) in [6.45, 7) is 1.47. The third-order valence-electron chi connectivity index (χ3n) is 1.45. The van der Waals surface area contributed by atoms with Crippen molar-refractivity contribution >= 4 is 0 Å². The molecule has 0 aliphatic carbocycles. The Hall–Kier alpha value is -0.162. The van der Waals surface area contributed by atoms with Gasteiger partial charge in [0.2, 0.25) is 0 Å². The maximum absolute atomic E-state index is 12.2. The molecule has 0 aromatic heterocycles. The van der Waals surface area contributed by atoms with Gasteiger partial charge in [-0.3, -0.25) is 5.26 Å². The Balaban J connectivity index is 0.00000169. The molecule has 0 atom stereocenters. The van der Waals surface area contributed by atoms with E-state index in [1.54, 1.807) is 6.07 Å². The van der Waals surface area contributed by atoms with Gasteiger partial charge in [-0.2, -0.15) is 13.2 Å². The molecule has 1 nitrogen and oxygen atoms in total. The SMILES string of the molecule is Cc1[c-]c(C#N)cc(C(F)(F)F)c1.[Pm]. The molecule has 0 N–H and O–H groups in total. The van der Waals surface area contributed by atoms with Gasteiger partial charge < -0.3 is 0 Å². The average molecular weight is 329 g/mol. The average Bonchev–Trinajstić information content (AvgIpc) is 2.01. The standard InChI is InChI=1S/C9H5F3N.Pm/c1-6-2-7(5-13)4-8(3-6)9(10,11)12;/h3-4H,1H3;/q-1;. The molecule has 1 rings (SSSR count). The number of halogens is 3. The fourth-order valence-electron chi connectivity index (χ4n) is 0.939. The molecule has 0 fully saturated rings. The van der Waals surface area contributed by atoms with Crippen LogP contribution < -0.4 is 0 Å². The molecule has 14 heavy (non-hydrogen) atoms. The van der Waals surface area contributed by atoms with Gasteiger partial charge in [0.25, 0.3) is 0 Å². The first-order valence-electron chi connectivity index (χ1n) is 3.45. The van der Waals surface area contributed by atoms with E-state index in [-0.39, 0.29) is 46.0 Å². The smallest absolute Gasteiger partial charge is 0.262 e. The third kappa shape index (κ3) is 3.53. The van der Waals surface area contributed by atoms with Crippen LogP contribution in [0, 0.1) is 64.7 Å². The molecular weight excluding hydrogens is 324 g/mol. The molecule has 0 bridgehead atoms. The summed E-state index contributed by atoms with van der Waals surface area (Å²) in [5, 5.41) is 8.40. The molecular formula is C9H5F3NPm-. The van der Waals surface area contributed by atoms with Gasteiger partial charge in [0.05, 0.1) is 0 Å². The summed E-state index contributed by atoms with van der Waals surface area (Å²) in [7, 11) is 0. The van der Waals surface area contributed by atoms with Crippen LogP contribution in [0.2, 0.25) is 0 Å². The molecule has 5 heteroatoms. The molecule has 73 valence electrons. The number of alkyl halides is 3. The first-order chi connectivity index (χ1) is 5.93. The van der Waals surface area contributed by atoms with E-state index in [9.17, 15) is 13.2 Å². The molecule has 0 saturated carbocycles. The van der Waals surface area contributed by atoms with Crippen LogP contribution in [0.5, 0.6) is 0 Å². The summed E-state index contributed by atoms with van der Waals surface area (Å²) in [5.41, 5.74) is -0.584. The zero-order chi connectivity index (χ0) is 10.1. The second-order valence-electron chi connectivity index (χ2n) is 2.58. The summed E-state index contributed by atoms with van der Waals surface area (Å²) in [5.74, 6) is 0.